The molecule has 0 bridgehead atoms. The van der Waals surface area contributed by atoms with Gasteiger partial charge in [-0.2, -0.15) is 0 Å². The van der Waals surface area contributed by atoms with Crippen molar-refractivity contribution >= 4 is 34.0 Å². The van der Waals surface area contributed by atoms with Crippen LogP contribution in [0.4, 0.5) is 0 Å². The molecular formula is C12H20Cl2N2O3S. The van der Waals surface area contributed by atoms with Crippen molar-refractivity contribution in [3.05, 3.63) is 22.7 Å². The third-order valence-electron chi connectivity index (χ3n) is 2.58. The average molecular weight is 343 g/mol. The van der Waals surface area contributed by atoms with Crippen LogP contribution in [0, 0.1) is 6.92 Å². The maximum absolute atomic E-state index is 12.1. The Labute approximate surface area is 131 Å². The maximum atomic E-state index is 12.1. The van der Waals surface area contributed by atoms with E-state index >= 15 is 0 Å². The number of benzene rings is 1. The fraction of sp³-hybridized carbons (Fsp3) is 0.500. The lowest BCUT2D eigenvalue weighted by molar-refractivity contribution is 0.414. The van der Waals surface area contributed by atoms with Gasteiger partial charge >= 0.3 is 0 Å². The van der Waals surface area contributed by atoms with E-state index in [9.17, 15) is 8.42 Å². The van der Waals surface area contributed by atoms with Crippen molar-refractivity contribution in [1.29, 1.82) is 0 Å². The zero-order chi connectivity index (χ0) is 14.5. The molecule has 20 heavy (non-hydrogen) atoms. The summed E-state index contributed by atoms with van der Waals surface area (Å²) in [7, 11) is -2.06. The van der Waals surface area contributed by atoms with Crippen LogP contribution in [0.3, 0.4) is 0 Å². The Morgan fingerprint density at radius 3 is 2.50 bits per heavy atom. The quantitative estimate of drug-likeness (QED) is 0.743. The van der Waals surface area contributed by atoms with Gasteiger partial charge in [0.15, 0.2) is 0 Å². The van der Waals surface area contributed by atoms with Crippen LogP contribution < -0.4 is 14.8 Å². The summed E-state index contributed by atoms with van der Waals surface area (Å²) in [6.45, 7) is 5.38. The molecule has 0 heterocycles. The summed E-state index contributed by atoms with van der Waals surface area (Å²) < 4.78 is 31.8. The van der Waals surface area contributed by atoms with Gasteiger partial charge in [-0.1, -0.05) is 18.5 Å². The Bertz CT molecular complexity index is 536. The van der Waals surface area contributed by atoms with Gasteiger partial charge in [-0.05, 0) is 31.2 Å². The number of aryl methyl sites for hydroxylation is 1. The van der Waals surface area contributed by atoms with Crippen LogP contribution >= 0.6 is 24.0 Å². The minimum atomic E-state index is -3.55. The molecular weight excluding hydrogens is 323 g/mol. The van der Waals surface area contributed by atoms with Crippen molar-refractivity contribution in [2.45, 2.75) is 18.7 Å². The predicted molar refractivity (Wildman–Crippen MR) is 83.7 cm³/mol. The molecule has 0 saturated carbocycles. The molecule has 0 unspecified atom stereocenters. The summed E-state index contributed by atoms with van der Waals surface area (Å²) in [5.74, 6) is 0.464. The second-order valence-corrected chi connectivity index (χ2v) is 6.15. The molecule has 0 amide bonds. The molecule has 0 saturated heterocycles. The van der Waals surface area contributed by atoms with Gasteiger partial charge in [0.2, 0.25) is 10.0 Å². The van der Waals surface area contributed by atoms with Gasteiger partial charge in [0, 0.05) is 13.1 Å². The summed E-state index contributed by atoms with van der Waals surface area (Å²) in [4.78, 5) is 0.176. The molecule has 8 heteroatoms. The Balaban J connectivity index is 0.00000361. The van der Waals surface area contributed by atoms with E-state index in [1.165, 1.54) is 13.2 Å². The topological polar surface area (TPSA) is 67.4 Å². The lowest BCUT2D eigenvalue weighted by Crippen LogP contribution is -2.32. The van der Waals surface area contributed by atoms with E-state index in [4.69, 9.17) is 16.3 Å². The molecule has 116 valence electrons. The molecule has 1 rings (SSSR count). The standard InChI is InChI=1S/C12H19ClN2O3S.ClH/c1-4-14-5-6-15-19(16,17)12-8-10(13)11(18-3)7-9(12)2;/h7-8,14-15H,4-6H2,1-3H3;1H. The van der Waals surface area contributed by atoms with Gasteiger partial charge in [-0.3, -0.25) is 0 Å². The monoisotopic (exact) mass is 342 g/mol. The zero-order valence-corrected chi connectivity index (χ0v) is 14.1. The smallest absolute Gasteiger partial charge is 0.240 e. The van der Waals surface area contributed by atoms with Gasteiger partial charge in [0.25, 0.3) is 0 Å². The van der Waals surface area contributed by atoms with Crippen molar-refractivity contribution in [2.75, 3.05) is 26.7 Å². The lowest BCUT2D eigenvalue weighted by Gasteiger charge is -2.12. The van der Waals surface area contributed by atoms with Crippen molar-refractivity contribution in [3.8, 4) is 5.75 Å². The largest absolute Gasteiger partial charge is 0.495 e. The predicted octanol–water partition coefficient (Wildman–Crippen LogP) is 1.97. The molecule has 0 aliphatic rings. The Morgan fingerprint density at radius 2 is 1.95 bits per heavy atom. The first-order chi connectivity index (χ1) is 8.92. The van der Waals surface area contributed by atoms with Crippen LogP contribution in [0.5, 0.6) is 5.75 Å². The molecule has 1 aromatic carbocycles. The summed E-state index contributed by atoms with van der Waals surface area (Å²) >= 11 is 5.96. The summed E-state index contributed by atoms with van der Waals surface area (Å²) in [5, 5.41) is 3.32. The van der Waals surface area contributed by atoms with E-state index in [0.29, 0.717) is 24.4 Å². The van der Waals surface area contributed by atoms with E-state index < -0.39 is 10.0 Å². The maximum Gasteiger partial charge on any atom is 0.240 e. The van der Waals surface area contributed by atoms with Gasteiger partial charge in [-0.25, -0.2) is 13.1 Å². The van der Waals surface area contributed by atoms with Gasteiger partial charge in [0.1, 0.15) is 5.75 Å². The van der Waals surface area contributed by atoms with Crippen molar-refractivity contribution in [3.63, 3.8) is 0 Å². The number of hydrogen-bond acceptors (Lipinski definition) is 4. The molecule has 0 radical (unpaired) electrons. The highest BCUT2D eigenvalue weighted by Crippen LogP contribution is 2.29. The van der Waals surface area contributed by atoms with E-state index in [1.54, 1.807) is 13.0 Å². The molecule has 1 aromatic rings. The zero-order valence-electron chi connectivity index (χ0n) is 11.7. The van der Waals surface area contributed by atoms with Crippen LogP contribution in [-0.4, -0.2) is 35.2 Å². The highest BCUT2D eigenvalue weighted by atomic mass is 35.5. The highest BCUT2D eigenvalue weighted by molar-refractivity contribution is 7.89. The van der Waals surface area contributed by atoms with Gasteiger partial charge in [0.05, 0.1) is 17.0 Å². The molecule has 2 N–H and O–H groups in total. The van der Waals surface area contributed by atoms with Crippen LogP contribution in [0.2, 0.25) is 5.02 Å². The number of likely N-dealkylation sites (N-methyl/N-ethyl adjacent to an activating group) is 1. The highest BCUT2D eigenvalue weighted by Gasteiger charge is 2.18. The van der Waals surface area contributed by atoms with Gasteiger partial charge < -0.3 is 10.1 Å². The average Bonchev–Trinajstić information content (AvgIpc) is 2.36. The first-order valence-electron chi connectivity index (χ1n) is 5.97. The van der Waals surface area contributed by atoms with E-state index in [2.05, 4.69) is 10.0 Å². The summed E-state index contributed by atoms with van der Waals surface area (Å²) in [6, 6.07) is 3.02. The van der Waals surface area contributed by atoms with E-state index in [-0.39, 0.29) is 22.3 Å². The van der Waals surface area contributed by atoms with Crippen LogP contribution in [-0.2, 0) is 10.0 Å². The fourth-order valence-corrected chi connectivity index (χ4v) is 3.20. The molecule has 0 atom stereocenters. The summed E-state index contributed by atoms with van der Waals surface area (Å²) in [5.41, 5.74) is 0.595. The van der Waals surface area contributed by atoms with E-state index in [0.717, 1.165) is 6.54 Å². The number of hydrogen-bond donors (Lipinski definition) is 2. The summed E-state index contributed by atoms with van der Waals surface area (Å²) in [6.07, 6.45) is 0. The van der Waals surface area contributed by atoms with Crippen molar-refractivity contribution in [2.24, 2.45) is 0 Å². The van der Waals surface area contributed by atoms with Crippen molar-refractivity contribution in [1.82, 2.24) is 10.0 Å². The normalized spacial score (nSPS) is 11.0. The van der Waals surface area contributed by atoms with Crippen LogP contribution in [0.25, 0.3) is 0 Å². The first kappa shape index (κ1) is 19.5. The third-order valence-corrected chi connectivity index (χ3v) is 4.48. The van der Waals surface area contributed by atoms with E-state index in [1.807, 2.05) is 6.92 Å². The SMILES string of the molecule is CCNCCNS(=O)(=O)c1cc(Cl)c(OC)cc1C.Cl. The second-order valence-electron chi connectivity index (χ2n) is 4.00. The minimum absolute atomic E-state index is 0. The third kappa shape index (κ3) is 5.10. The number of halogens is 2. The van der Waals surface area contributed by atoms with Gasteiger partial charge in [-0.15, -0.1) is 12.4 Å². The molecule has 0 aromatic heterocycles. The van der Waals surface area contributed by atoms with Crippen molar-refractivity contribution < 1.29 is 13.2 Å². The molecule has 0 fully saturated rings. The van der Waals surface area contributed by atoms with Crippen LogP contribution in [0.1, 0.15) is 12.5 Å². The molecule has 0 aliphatic carbocycles. The van der Waals surface area contributed by atoms with Crippen LogP contribution in [0.15, 0.2) is 17.0 Å². The number of sulfonamides is 1. The second kappa shape index (κ2) is 8.69. The fourth-order valence-electron chi connectivity index (χ4n) is 1.61. The minimum Gasteiger partial charge on any atom is -0.495 e. The number of methoxy groups -OCH3 is 1. The Morgan fingerprint density at radius 1 is 1.30 bits per heavy atom. The first-order valence-corrected chi connectivity index (χ1v) is 7.83. The number of rotatable bonds is 7. The number of nitrogens with one attached hydrogen (secondary N) is 2. The molecule has 5 nitrogen and oxygen atoms in total. The lowest BCUT2D eigenvalue weighted by atomic mass is 10.2. The molecule has 0 aliphatic heterocycles. The molecule has 0 spiro atoms. The number of ether oxygens (including phenoxy) is 1. The Hall–Kier alpha value is -0.530. The Kier molecular flexibility index (Phi) is 8.46.